The van der Waals surface area contributed by atoms with E-state index in [2.05, 4.69) is 27.1 Å². The highest BCUT2D eigenvalue weighted by Gasteiger charge is 2.08. The Labute approximate surface area is 185 Å². The van der Waals surface area contributed by atoms with Crippen molar-refractivity contribution >= 4 is 47.0 Å². The molecule has 154 valence electrons. The molecular formula is C18H25IN4O4S. The first-order valence-electron chi connectivity index (χ1n) is 8.68. The van der Waals surface area contributed by atoms with E-state index >= 15 is 0 Å². The number of hydrogen-bond acceptors (Lipinski definition) is 6. The zero-order valence-electron chi connectivity index (χ0n) is 15.5. The highest BCUT2D eigenvalue weighted by Crippen LogP contribution is 2.17. The number of non-ortho nitro benzene ring substituents is 1. The Kier molecular flexibility index (Phi) is 11.4. The number of ether oxygens (including phenoxy) is 1. The molecular weight excluding hydrogens is 495 g/mol. The van der Waals surface area contributed by atoms with Crippen molar-refractivity contribution in [3.63, 3.8) is 0 Å². The fourth-order valence-electron chi connectivity index (χ4n) is 2.21. The first kappa shape index (κ1) is 24.1. The summed E-state index contributed by atoms with van der Waals surface area (Å²) in [6, 6.07) is 9.85. The molecule has 2 rings (SSSR count). The number of guanidine groups is 1. The summed E-state index contributed by atoms with van der Waals surface area (Å²) in [5.74, 6) is 1.10. The van der Waals surface area contributed by atoms with Gasteiger partial charge in [0.2, 0.25) is 0 Å². The number of aliphatic imine (C=N–C) groups is 1. The lowest BCUT2D eigenvalue weighted by atomic mass is 10.3. The van der Waals surface area contributed by atoms with Crippen molar-refractivity contribution < 1.29 is 14.8 Å². The van der Waals surface area contributed by atoms with Gasteiger partial charge in [-0.3, -0.25) is 15.1 Å². The van der Waals surface area contributed by atoms with Gasteiger partial charge in [-0.25, -0.2) is 0 Å². The Hall–Kier alpha value is -1.92. The van der Waals surface area contributed by atoms with E-state index in [4.69, 9.17) is 4.74 Å². The number of rotatable bonds is 10. The van der Waals surface area contributed by atoms with Gasteiger partial charge < -0.3 is 20.5 Å². The van der Waals surface area contributed by atoms with Gasteiger partial charge in [-0.1, -0.05) is 6.07 Å². The van der Waals surface area contributed by atoms with Crippen molar-refractivity contribution in [3.05, 3.63) is 56.8 Å². The number of aliphatic hydroxyl groups excluding tert-OH is 1. The van der Waals surface area contributed by atoms with E-state index in [1.54, 1.807) is 11.3 Å². The van der Waals surface area contributed by atoms with Crippen LogP contribution in [0.2, 0.25) is 0 Å². The molecule has 0 aliphatic heterocycles. The number of halogens is 1. The van der Waals surface area contributed by atoms with Gasteiger partial charge >= 0.3 is 0 Å². The predicted molar refractivity (Wildman–Crippen MR) is 122 cm³/mol. The van der Waals surface area contributed by atoms with Crippen LogP contribution in [0.1, 0.15) is 11.8 Å². The van der Waals surface area contributed by atoms with E-state index < -0.39 is 11.0 Å². The minimum atomic E-state index is -0.784. The second-order valence-electron chi connectivity index (χ2n) is 5.69. The van der Waals surface area contributed by atoms with Crippen LogP contribution >= 0.6 is 35.3 Å². The van der Waals surface area contributed by atoms with Gasteiger partial charge in [-0.05, 0) is 36.9 Å². The monoisotopic (exact) mass is 520 g/mol. The first-order chi connectivity index (χ1) is 13.1. The lowest BCUT2D eigenvalue weighted by molar-refractivity contribution is -0.384. The lowest BCUT2D eigenvalue weighted by Gasteiger charge is -2.13. The number of hydrogen-bond donors (Lipinski definition) is 3. The maximum atomic E-state index is 10.6. The van der Waals surface area contributed by atoms with Gasteiger partial charge in [-0.2, -0.15) is 0 Å². The fourth-order valence-corrected chi connectivity index (χ4v) is 2.92. The molecule has 0 aliphatic rings. The molecule has 2 aromatic rings. The molecule has 0 bridgehead atoms. The normalized spacial score (nSPS) is 12.0. The molecule has 0 amide bonds. The smallest absolute Gasteiger partial charge is 0.269 e. The van der Waals surface area contributed by atoms with Crippen molar-refractivity contribution in [1.29, 1.82) is 0 Å². The summed E-state index contributed by atoms with van der Waals surface area (Å²) >= 11 is 1.72. The summed E-state index contributed by atoms with van der Waals surface area (Å²) < 4.78 is 5.44. The second kappa shape index (κ2) is 13.3. The summed E-state index contributed by atoms with van der Waals surface area (Å²) in [6.07, 6.45) is 0.126. The van der Waals surface area contributed by atoms with Crippen LogP contribution in [0.4, 0.5) is 5.69 Å². The van der Waals surface area contributed by atoms with Crippen LogP contribution in [0.3, 0.4) is 0 Å². The first-order valence-corrected chi connectivity index (χ1v) is 9.56. The zero-order chi connectivity index (χ0) is 19.5. The molecule has 0 spiro atoms. The van der Waals surface area contributed by atoms with Crippen LogP contribution in [0.5, 0.6) is 5.75 Å². The Balaban J connectivity index is 0.00000392. The maximum Gasteiger partial charge on any atom is 0.269 e. The van der Waals surface area contributed by atoms with Crippen molar-refractivity contribution in [2.75, 3.05) is 26.2 Å². The van der Waals surface area contributed by atoms with Crippen molar-refractivity contribution in [2.24, 2.45) is 4.99 Å². The van der Waals surface area contributed by atoms with Crippen molar-refractivity contribution in [1.82, 2.24) is 10.6 Å². The van der Waals surface area contributed by atoms with E-state index in [1.807, 2.05) is 13.0 Å². The molecule has 28 heavy (non-hydrogen) atoms. The average Bonchev–Trinajstić information content (AvgIpc) is 3.18. The quantitative estimate of drug-likeness (QED) is 0.146. The number of nitro benzene ring substituents is 1. The molecule has 1 aromatic heterocycles. The van der Waals surface area contributed by atoms with Crippen LogP contribution in [0.25, 0.3) is 0 Å². The van der Waals surface area contributed by atoms with Crippen molar-refractivity contribution in [2.45, 2.75) is 19.4 Å². The molecule has 10 heteroatoms. The van der Waals surface area contributed by atoms with Crippen LogP contribution in [-0.2, 0) is 6.42 Å². The molecule has 1 heterocycles. The second-order valence-corrected chi connectivity index (χ2v) is 6.72. The molecule has 0 radical (unpaired) electrons. The number of aliphatic hydroxyl groups is 1. The number of thiophene rings is 1. The summed E-state index contributed by atoms with van der Waals surface area (Å²) in [5.41, 5.74) is -0.00333. The molecule has 0 saturated carbocycles. The minimum absolute atomic E-state index is 0. The Bertz CT molecular complexity index is 726. The van der Waals surface area contributed by atoms with E-state index in [-0.39, 0.29) is 42.8 Å². The van der Waals surface area contributed by atoms with E-state index in [0.29, 0.717) is 11.7 Å². The molecule has 0 saturated heterocycles. The minimum Gasteiger partial charge on any atom is -0.491 e. The van der Waals surface area contributed by atoms with Crippen LogP contribution in [0.15, 0.2) is 46.8 Å². The van der Waals surface area contributed by atoms with E-state index in [1.165, 1.54) is 29.1 Å². The van der Waals surface area contributed by atoms with Crippen molar-refractivity contribution in [3.8, 4) is 5.75 Å². The van der Waals surface area contributed by atoms with E-state index in [0.717, 1.165) is 19.5 Å². The zero-order valence-corrected chi connectivity index (χ0v) is 18.7. The molecule has 1 unspecified atom stereocenters. The molecule has 3 N–H and O–H groups in total. The lowest BCUT2D eigenvalue weighted by Crippen LogP contribution is -2.39. The van der Waals surface area contributed by atoms with Gasteiger partial charge in [0.15, 0.2) is 5.96 Å². The maximum absolute atomic E-state index is 10.6. The number of nitro groups is 1. The Morgan fingerprint density at radius 1 is 1.32 bits per heavy atom. The third-order valence-corrected chi connectivity index (χ3v) is 4.47. The highest BCUT2D eigenvalue weighted by atomic mass is 127. The topological polar surface area (TPSA) is 109 Å². The number of nitrogens with zero attached hydrogens (tertiary/aromatic N) is 2. The predicted octanol–water partition coefficient (Wildman–Crippen LogP) is 2.81. The summed E-state index contributed by atoms with van der Waals surface area (Å²) in [6.45, 7) is 3.68. The summed E-state index contributed by atoms with van der Waals surface area (Å²) in [7, 11) is 0. The largest absolute Gasteiger partial charge is 0.491 e. The van der Waals surface area contributed by atoms with Crippen LogP contribution in [-0.4, -0.2) is 48.3 Å². The van der Waals surface area contributed by atoms with Gasteiger partial charge in [0.25, 0.3) is 5.69 Å². The number of benzene rings is 1. The average molecular weight is 520 g/mol. The standard InChI is InChI=1S/C18H24N4O4S.HI/c1-2-19-18(20-10-9-17-4-3-11-27-17)21-12-15(23)13-26-16-7-5-14(6-8-16)22(24)25;/h3-8,11,15,23H,2,9-10,12-13H2,1H3,(H2,19,20,21);1H. The Morgan fingerprint density at radius 2 is 2.07 bits per heavy atom. The van der Waals surface area contributed by atoms with Gasteiger partial charge in [0.1, 0.15) is 18.5 Å². The molecule has 8 nitrogen and oxygen atoms in total. The van der Waals surface area contributed by atoms with Gasteiger partial charge in [0.05, 0.1) is 11.5 Å². The van der Waals surface area contributed by atoms with Gasteiger partial charge in [-0.15, -0.1) is 35.3 Å². The molecule has 0 aliphatic carbocycles. The summed E-state index contributed by atoms with van der Waals surface area (Å²) in [5, 5.41) is 29.1. The SMILES string of the molecule is CCNC(=NCC(O)COc1ccc([N+](=O)[O-])cc1)NCCc1cccs1.I. The molecule has 1 atom stereocenters. The molecule has 0 fully saturated rings. The third-order valence-electron chi connectivity index (χ3n) is 3.54. The summed E-state index contributed by atoms with van der Waals surface area (Å²) in [4.78, 5) is 15.8. The Morgan fingerprint density at radius 3 is 2.68 bits per heavy atom. The molecule has 1 aromatic carbocycles. The fraction of sp³-hybridized carbons (Fsp3) is 0.389. The third kappa shape index (κ3) is 8.85. The van der Waals surface area contributed by atoms with Crippen LogP contribution < -0.4 is 15.4 Å². The van der Waals surface area contributed by atoms with Crippen LogP contribution in [0, 0.1) is 10.1 Å². The van der Waals surface area contributed by atoms with Gasteiger partial charge in [0, 0.05) is 30.1 Å². The van der Waals surface area contributed by atoms with E-state index in [9.17, 15) is 15.2 Å². The highest BCUT2D eigenvalue weighted by molar-refractivity contribution is 14.0. The number of nitrogens with one attached hydrogen (secondary N) is 2.